The van der Waals surface area contributed by atoms with Crippen LogP contribution < -0.4 is 0 Å². The lowest BCUT2D eigenvalue weighted by molar-refractivity contribution is 0.0515. The largest absolute Gasteiger partial charge is 0.465 e. The van der Waals surface area contributed by atoms with Crippen LogP contribution in [0.15, 0.2) is 24.3 Å². The molecule has 1 N–H and O–H groups in total. The molecule has 0 saturated heterocycles. The van der Waals surface area contributed by atoms with E-state index in [1.807, 2.05) is 0 Å². The maximum atomic E-state index is 12.4. The monoisotopic (exact) mass is 356 g/mol. The first-order valence-electron chi connectivity index (χ1n) is 7.81. The fourth-order valence-electron chi connectivity index (χ4n) is 2.81. The SMILES string of the molecule is CCOC(=O)c1nc(C(=O)OC)c(C(=O)OC)c2[nH]c3ccccc3c12. The molecule has 0 atom stereocenters. The molecule has 0 radical (unpaired) electrons. The van der Waals surface area contributed by atoms with E-state index >= 15 is 0 Å². The van der Waals surface area contributed by atoms with Gasteiger partial charge in [0.25, 0.3) is 0 Å². The molecule has 0 unspecified atom stereocenters. The first kappa shape index (κ1) is 17.4. The normalized spacial score (nSPS) is 10.7. The van der Waals surface area contributed by atoms with Crippen molar-refractivity contribution in [3.05, 3.63) is 41.2 Å². The fraction of sp³-hybridized carbons (Fsp3) is 0.222. The maximum absolute atomic E-state index is 12.4. The number of nitrogens with one attached hydrogen (secondary N) is 1. The number of benzene rings is 1. The van der Waals surface area contributed by atoms with Gasteiger partial charge in [-0.2, -0.15) is 0 Å². The number of aromatic nitrogens is 2. The van der Waals surface area contributed by atoms with Gasteiger partial charge in [-0.3, -0.25) is 0 Å². The molecule has 0 spiro atoms. The smallest absolute Gasteiger partial charge is 0.357 e. The van der Waals surface area contributed by atoms with Gasteiger partial charge in [-0.25, -0.2) is 19.4 Å². The molecule has 2 aromatic heterocycles. The average molecular weight is 356 g/mol. The van der Waals surface area contributed by atoms with Gasteiger partial charge in [0, 0.05) is 16.3 Å². The van der Waals surface area contributed by atoms with Crippen LogP contribution in [0, 0.1) is 0 Å². The molecule has 26 heavy (non-hydrogen) atoms. The lowest BCUT2D eigenvalue weighted by Crippen LogP contribution is -2.18. The van der Waals surface area contributed by atoms with E-state index in [-0.39, 0.29) is 29.1 Å². The van der Waals surface area contributed by atoms with Crippen molar-refractivity contribution >= 4 is 39.7 Å². The summed E-state index contributed by atoms with van der Waals surface area (Å²) in [6.45, 7) is 1.80. The quantitative estimate of drug-likeness (QED) is 0.565. The molecule has 2 heterocycles. The van der Waals surface area contributed by atoms with Crippen molar-refractivity contribution in [2.24, 2.45) is 0 Å². The molecular weight excluding hydrogens is 340 g/mol. The Labute approximate surface area is 148 Å². The highest BCUT2D eigenvalue weighted by atomic mass is 16.5. The molecule has 8 heteroatoms. The summed E-state index contributed by atoms with van der Waals surface area (Å²) in [6.07, 6.45) is 0. The summed E-state index contributed by atoms with van der Waals surface area (Å²) in [5.41, 5.74) is 0.436. The van der Waals surface area contributed by atoms with Gasteiger partial charge in [0.15, 0.2) is 11.4 Å². The van der Waals surface area contributed by atoms with E-state index in [9.17, 15) is 14.4 Å². The van der Waals surface area contributed by atoms with Gasteiger partial charge in [0.05, 0.1) is 26.3 Å². The fourth-order valence-corrected chi connectivity index (χ4v) is 2.81. The predicted octanol–water partition coefficient (Wildman–Crippen LogP) is 2.47. The van der Waals surface area contributed by atoms with Gasteiger partial charge in [-0.05, 0) is 13.0 Å². The summed E-state index contributed by atoms with van der Waals surface area (Å²) < 4.78 is 14.6. The molecule has 0 aliphatic carbocycles. The Bertz CT molecular complexity index is 1040. The molecule has 3 aromatic rings. The van der Waals surface area contributed by atoms with Gasteiger partial charge < -0.3 is 19.2 Å². The molecular formula is C18H16N2O6. The maximum Gasteiger partial charge on any atom is 0.357 e. The van der Waals surface area contributed by atoms with Crippen molar-refractivity contribution in [2.75, 3.05) is 20.8 Å². The standard InChI is InChI=1S/C18H16N2O6/c1-4-26-18(23)14-11-9-7-5-6-8-10(9)19-13(11)12(16(21)24-2)15(20-14)17(22)25-3/h5-8,19H,4H2,1-3H3. The van der Waals surface area contributed by atoms with Crippen molar-refractivity contribution < 1.29 is 28.6 Å². The van der Waals surface area contributed by atoms with Gasteiger partial charge in [-0.1, -0.05) is 18.2 Å². The number of hydrogen-bond donors (Lipinski definition) is 1. The number of carbonyl (C=O) groups excluding carboxylic acids is 3. The number of nitrogens with zero attached hydrogens (tertiary/aromatic N) is 1. The second kappa shape index (κ2) is 6.83. The highest BCUT2D eigenvalue weighted by molar-refractivity contribution is 6.22. The first-order chi connectivity index (χ1) is 12.5. The van der Waals surface area contributed by atoms with Crippen LogP contribution in [0.5, 0.6) is 0 Å². The molecule has 134 valence electrons. The van der Waals surface area contributed by atoms with Crippen LogP contribution in [0.25, 0.3) is 21.8 Å². The van der Waals surface area contributed by atoms with E-state index in [1.165, 1.54) is 7.11 Å². The van der Waals surface area contributed by atoms with Gasteiger partial charge in [-0.15, -0.1) is 0 Å². The minimum absolute atomic E-state index is 0.0765. The number of aromatic amines is 1. The number of pyridine rings is 1. The third-order valence-electron chi connectivity index (χ3n) is 3.89. The van der Waals surface area contributed by atoms with Crippen LogP contribution in [0.2, 0.25) is 0 Å². The predicted molar refractivity (Wildman–Crippen MR) is 92.2 cm³/mol. The Balaban J connectivity index is 2.51. The number of fused-ring (bicyclic) bond motifs is 3. The van der Waals surface area contributed by atoms with Crippen molar-refractivity contribution in [2.45, 2.75) is 6.92 Å². The lowest BCUT2D eigenvalue weighted by Gasteiger charge is -2.10. The molecule has 0 aliphatic rings. The number of esters is 3. The molecule has 0 aliphatic heterocycles. The van der Waals surface area contributed by atoms with E-state index < -0.39 is 17.9 Å². The van der Waals surface area contributed by atoms with Gasteiger partial charge in [0.1, 0.15) is 5.56 Å². The highest BCUT2D eigenvalue weighted by Crippen LogP contribution is 2.32. The highest BCUT2D eigenvalue weighted by Gasteiger charge is 2.30. The molecule has 0 fully saturated rings. The zero-order valence-corrected chi connectivity index (χ0v) is 14.4. The number of ether oxygens (including phenoxy) is 3. The van der Waals surface area contributed by atoms with Crippen molar-refractivity contribution in [1.82, 2.24) is 9.97 Å². The summed E-state index contributed by atoms with van der Waals surface area (Å²) in [7, 11) is 2.35. The summed E-state index contributed by atoms with van der Waals surface area (Å²) in [6, 6.07) is 7.14. The Hall–Kier alpha value is -3.42. The van der Waals surface area contributed by atoms with E-state index in [0.717, 1.165) is 7.11 Å². The number of rotatable bonds is 4. The van der Waals surface area contributed by atoms with Crippen molar-refractivity contribution in [3.8, 4) is 0 Å². The number of carbonyl (C=O) groups is 3. The second-order valence-corrected chi connectivity index (χ2v) is 5.31. The lowest BCUT2D eigenvalue weighted by atomic mass is 10.1. The average Bonchev–Trinajstić information content (AvgIpc) is 3.04. The zero-order valence-electron chi connectivity index (χ0n) is 14.4. The number of hydrogen-bond acceptors (Lipinski definition) is 7. The topological polar surface area (TPSA) is 108 Å². The van der Waals surface area contributed by atoms with Gasteiger partial charge >= 0.3 is 17.9 Å². The Morgan fingerprint density at radius 2 is 1.69 bits per heavy atom. The first-order valence-corrected chi connectivity index (χ1v) is 7.81. The third-order valence-corrected chi connectivity index (χ3v) is 3.89. The van der Waals surface area contributed by atoms with Crippen molar-refractivity contribution in [3.63, 3.8) is 0 Å². The van der Waals surface area contributed by atoms with Crippen LogP contribution in [0.4, 0.5) is 0 Å². The van der Waals surface area contributed by atoms with E-state index in [4.69, 9.17) is 14.2 Å². The van der Waals surface area contributed by atoms with Crippen LogP contribution in [0.3, 0.4) is 0 Å². The number of para-hydroxylation sites is 1. The Morgan fingerprint density at radius 3 is 2.35 bits per heavy atom. The van der Waals surface area contributed by atoms with E-state index in [2.05, 4.69) is 9.97 Å². The zero-order chi connectivity index (χ0) is 18.8. The minimum Gasteiger partial charge on any atom is -0.465 e. The van der Waals surface area contributed by atoms with Crippen molar-refractivity contribution in [1.29, 1.82) is 0 Å². The van der Waals surface area contributed by atoms with Crippen LogP contribution in [-0.4, -0.2) is 48.7 Å². The number of H-pyrrole nitrogens is 1. The Kier molecular flexibility index (Phi) is 4.57. The molecule has 1 aromatic carbocycles. The summed E-state index contributed by atoms with van der Waals surface area (Å²) in [4.78, 5) is 44.2. The second-order valence-electron chi connectivity index (χ2n) is 5.31. The molecule has 0 bridgehead atoms. The summed E-state index contributed by atoms with van der Waals surface area (Å²) >= 11 is 0. The molecule has 0 amide bonds. The summed E-state index contributed by atoms with van der Waals surface area (Å²) in [5.74, 6) is -2.34. The molecule has 0 saturated carbocycles. The van der Waals surface area contributed by atoms with Crippen LogP contribution in [0.1, 0.15) is 38.3 Å². The summed E-state index contributed by atoms with van der Waals surface area (Å²) in [5, 5.41) is 1.05. The van der Waals surface area contributed by atoms with Crippen LogP contribution in [-0.2, 0) is 14.2 Å². The minimum atomic E-state index is -0.864. The number of methoxy groups -OCH3 is 2. The molecule has 8 nitrogen and oxygen atoms in total. The van der Waals surface area contributed by atoms with E-state index in [0.29, 0.717) is 16.3 Å². The van der Waals surface area contributed by atoms with Gasteiger partial charge in [0.2, 0.25) is 0 Å². The molecule has 3 rings (SSSR count). The van der Waals surface area contributed by atoms with Crippen LogP contribution >= 0.6 is 0 Å². The third kappa shape index (κ3) is 2.65. The Morgan fingerprint density at radius 1 is 1.00 bits per heavy atom. The van der Waals surface area contributed by atoms with E-state index in [1.54, 1.807) is 31.2 Å².